The molecule has 0 heterocycles. The fourth-order valence-electron chi connectivity index (χ4n) is 0.850. The highest BCUT2D eigenvalue weighted by molar-refractivity contribution is 5.85. The number of benzene rings is 1. The second-order valence-electron chi connectivity index (χ2n) is 2.43. The molecular weight excluding hydrogens is 197 g/mol. The summed E-state index contributed by atoms with van der Waals surface area (Å²) in [5.41, 5.74) is -0.701. The third-order valence-corrected chi connectivity index (χ3v) is 1.47. The second-order valence-corrected chi connectivity index (χ2v) is 2.43. The predicted octanol–water partition coefficient (Wildman–Crippen LogP) is 2.20. The van der Waals surface area contributed by atoms with E-state index in [0.29, 0.717) is 18.2 Å². The van der Waals surface area contributed by atoms with Crippen LogP contribution in [0, 0.1) is 17.5 Å². The van der Waals surface area contributed by atoms with Gasteiger partial charge in [0.05, 0.1) is 0 Å². The molecule has 0 aliphatic carbocycles. The lowest BCUT2D eigenvalue weighted by Gasteiger charge is -1.99. The van der Waals surface area contributed by atoms with Crippen molar-refractivity contribution in [2.75, 3.05) is 0 Å². The Hall–Kier alpha value is -1.78. The number of carboxylic acid groups (broad SMARTS) is 1. The number of aliphatic carboxylic acids is 1. The highest BCUT2D eigenvalue weighted by Gasteiger charge is 2.10. The zero-order chi connectivity index (χ0) is 10.7. The van der Waals surface area contributed by atoms with Crippen LogP contribution in [0.4, 0.5) is 13.2 Å². The smallest absolute Gasteiger partial charge is 0.328 e. The molecule has 2 nitrogen and oxygen atoms in total. The summed E-state index contributed by atoms with van der Waals surface area (Å²) >= 11 is 0. The molecule has 1 N–H and O–H groups in total. The quantitative estimate of drug-likeness (QED) is 0.589. The molecule has 0 aliphatic heterocycles. The Kier molecular flexibility index (Phi) is 2.91. The molecule has 0 amide bonds. The number of rotatable bonds is 2. The van der Waals surface area contributed by atoms with Crippen molar-refractivity contribution < 1.29 is 23.1 Å². The van der Waals surface area contributed by atoms with Crippen LogP contribution in [0.1, 0.15) is 5.56 Å². The van der Waals surface area contributed by atoms with E-state index >= 15 is 0 Å². The van der Waals surface area contributed by atoms with E-state index in [2.05, 4.69) is 0 Å². The Morgan fingerprint density at radius 3 is 2.36 bits per heavy atom. The van der Waals surface area contributed by atoms with Crippen molar-refractivity contribution in [1.82, 2.24) is 0 Å². The van der Waals surface area contributed by atoms with Gasteiger partial charge in [0.1, 0.15) is 5.82 Å². The van der Waals surface area contributed by atoms with Crippen LogP contribution in [0.15, 0.2) is 18.2 Å². The van der Waals surface area contributed by atoms with Crippen molar-refractivity contribution in [3.05, 3.63) is 41.2 Å². The largest absolute Gasteiger partial charge is 0.478 e. The van der Waals surface area contributed by atoms with E-state index in [9.17, 15) is 18.0 Å². The van der Waals surface area contributed by atoms with Crippen molar-refractivity contribution in [2.24, 2.45) is 0 Å². The predicted molar refractivity (Wildman–Crippen MR) is 43.0 cm³/mol. The maximum absolute atomic E-state index is 12.9. The Labute approximate surface area is 77.3 Å². The number of carbonyl (C=O) groups is 1. The van der Waals surface area contributed by atoms with Crippen LogP contribution < -0.4 is 0 Å². The van der Waals surface area contributed by atoms with E-state index < -0.39 is 29.0 Å². The van der Waals surface area contributed by atoms with Gasteiger partial charge >= 0.3 is 5.97 Å². The molecule has 1 aromatic carbocycles. The molecule has 1 rings (SSSR count). The van der Waals surface area contributed by atoms with Gasteiger partial charge in [-0.1, -0.05) is 0 Å². The SMILES string of the molecule is O=C(O)/C=C\c1c(F)ccc(F)c1F. The molecule has 14 heavy (non-hydrogen) atoms. The molecule has 0 bridgehead atoms. The summed E-state index contributed by atoms with van der Waals surface area (Å²) < 4.78 is 38.2. The molecule has 0 aromatic heterocycles. The molecule has 74 valence electrons. The van der Waals surface area contributed by atoms with E-state index in [1.54, 1.807) is 0 Å². The number of carboxylic acids is 1. The molecule has 0 spiro atoms. The lowest BCUT2D eigenvalue weighted by atomic mass is 10.2. The normalized spacial score (nSPS) is 10.8. The van der Waals surface area contributed by atoms with Crippen molar-refractivity contribution in [3.8, 4) is 0 Å². The molecule has 1 aromatic rings. The van der Waals surface area contributed by atoms with Crippen molar-refractivity contribution in [3.63, 3.8) is 0 Å². The summed E-state index contributed by atoms with van der Waals surface area (Å²) in [7, 11) is 0. The minimum Gasteiger partial charge on any atom is -0.478 e. The number of halogens is 3. The van der Waals surface area contributed by atoms with E-state index in [4.69, 9.17) is 5.11 Å². The van der Waals surface area contributed by atoms with Gasteiger partial charge in [-0.25, -0.2) is 18.0 Å². The molecule has 0 saturated carbocycles. The highest BCUT2D eigenvalue weighted by Crippen LogP contribution is 2.16. The highest BCUT2D eigenvalue weighted by atomic mass is 19.2. The van der Waals surface area contributed by atoms with Crippen molar-refractivity contribution in [1.29, 1.82) is 0 Å². The Bertz CT molecular complexity index is 399. The van der Waals surface area contributed by atoms with Crippen LogP contribution in [-0.4, -0.2) is 11.1 Å². The molecule has 0 saturated heterocycles. The van der Waals surface area contributed by atoms with Gasteiger partial charge in [0.15, 0.2) is 11.6 Å². The summed E-state index contributed by atoms with van der Waals surface area (Å²) in [4.78, 5) is 10.1. The first-order valence-electron chi connectivity index (χ1n) is 3.57. The lowest BCUT2D eigenvalue weighted by molar-refractivity contribution is -0.131. The molecule has 0 atom stereocenters. The first kappa shape index (κ1) is 10.3. The summed E-state index contributed by atoms with van der Waals surface area (Å²) in [6.07, 6.45) is 1.19. The van der Waals surface area contributed by atoms with Crippen LogP contribution in [0.25, 0.3) is 6.08 Å². The van der Waals surface area contributed by atoms with Crippen LogP contribution in [-0.2, 0) is 4.79 Å². The zero-order valence-corrected chi connectivity index (χ0v) is 6.80. The maximum atomic E-state index is 12.9. The zero-order valence-electron chi connectivity index (χ0n) is 6.80. The van der Waals surface area contributed by atoms with Gasteiger partial charge in [0.2, 0.25) is 0 Å². The van der Waals surface area contributed by atoms with Gasteiger partial charge < -0.3 is 5.11 Å². The van der Waals surface area contributed by atoms with E-state index in [-0.39, 0.29) is 0 Å². The van der Waals surface area contributed by atoms with Crippen molar-refractivity contribution >= 4 is 12.0 Å². The topological polar surface area (TPSA) is 37.3 Å². The van der Waals surface area contributed by atoms with Gasteiger partial charge in [0, 0.05) is 11.6 Å². The molecule has 0 aliphatic rings. The van der Waals surface area contributed by atoms with Gasteiger partial charge in [0.25, 0.3) is 0 Å². The van der Waals surface area contributed by atoms with Gasteiger partial charge in [-0.15, -0.1) is 0 Å². The minimum atomic E-state index is -1.40. The Balaban J connectivity index is 3.19. The lowest BCUT2D eigenvalue weighted by Crippen LogP contribution is -1.94. The molecule has 5 heteroatoms. The summed E-state index contributed by atoms with van der Waals surface area (Å²) in [5, 5.41) is 8.20. The van der Waals surface area contributed by atoms with Gasteiger partial charge in [-0.05, 0) is 18.2 Å². The summed E-state index contributed by atoms with van der Waals surface area (Å²) in [6.45, 7) is 0. The molecule has 0 radical (unpaired) electrons. The molecular formula is C9H5F3O2. The first-order valence-corrected chi connectivity index (χ1v) is 3.57. The van der Waals surface area contributed by atoms with Crippen LogP contribution in [0.3, 0.4) is 0 Å². The summed E-state index contributed by atoms with van der Waals surface area (Å²) in [6, 6.07) is 1.35. The average Bonchev–Trinajstić information content (AvgIpc) is 2.11. The monoisotopic (exact) mass is 202 g/mol. The molecule has 0 fully saturated rings. The number of hydrogen-bond acceptors (Lipinski definition) is 1. The Morgan fingerprint density at radius 2 is 1.79 bits per heavy atom. The van der Waals surface area contributed by atoms with E-state index in [1.165, 1.54) is 0 Å². The Morgan fingerprint density at radius 1 is 1.21 bits per heavy atom. The fourth-order valence-corrected chi connectivity index (χ4v) is 0.850. The van der Waals surface area contributed by atoms with E-state index in [1.807, 2.05) is 0 Å². The average molecular weight is 202 g/mol. The first-order chi connectivity index (χ1) is 6.52. The summed E-state index contributed by atoms with van der Waals surface area (Å²) in [5.74, 6) is -5.01. The third kappa shape index (κ3) is 2.12. The second kappa shape index (κ2) is 3.95. The van der Waals surface area contributed by atoms with Gasteiger partial charge in [-0.3, -0.25) is 0 Å². The van der Waals surface area contributed by atoms with Crippen LogP contribution >= 0.6 is 0 Å². The number of hydrogen-bond donors (Lipinski definition) is 1. The van der Waals surface area contributed by atoms with Gasteiger partial charge in [-0.2, -0.15) is 0 Å². The maximum Gasteiger partial charge on any atom is 0.328 e. The fraction of sp³-hybridized carbons (Fsp3) is 0. The minimum absolute atomic E-state index is 0.529. The van der Waals surface area contributed by atoms with Crippen LogP contribution in [0.2, 0.25) is 0 Å². The third-order valence-electron chi connectivity index (χ3n) is 1.47. The standard InChI is InChI=1S/C9H5F3O2/c10-6-2-3-7(11)9(12)5(6)1-4-8(13)14/h1-4H,(H,13,14)/b4-1-. The van der Waals surface area contributed by atoms with Crippen LogP contribution in [0.5, 0.6) is 0 Å². The molecule has 0 unspecified atom stereocenters. The van der Waals surface area contributed by atoms with Crippen molar-refractivity contribution in [2.45, 2.75) is 0 Å². The van der Waals surface area contributed by atoms with E-state index in [0.717, 1.165) is 6.07 Å².